The van der Waals surface area contributed by atoms with Gasteiger partial charge in [-0.1, -0.05) is 25.1 Å². The van der Waals surface area contributed by atoms with Crippen LogP contribution in [0.1, 0.15) is 31.4 Å². The fraction of sp³-hybridized carbons (Fsp3) is 0.471. The lowest BCUT2D eigenvalue weighted by molar-refractivity contribution is 0.178. The molecule has 0 amide bonds. The van der Waals surface area contributed by atoms with Gasteiger partial charge in [-0.2, -0.15) is 0 Å². The molecule has 24 heavy (non-hydrogen) atoms. The molecule has 0 bridgehead atoms. The van der Waals surface area contributed by atoms with Crippen molar-refractivity contribution in [2.45, 2.75) is 43.7 Å². The molecule has 1 aromatic heterocycles. The number of likely N-dealkylation sites (tertiary alicyclic amines) is 1. The predicted octanol–water partition coefficient (Wildman–Crippen LogP) is 2.18. The van der Waals surface area contributed by atoms with E-state index in [1.807, 2.05) is 13.0 Å². The quantitative estimate of drug-likeness (QED) is 0.865. The van der Waals surface area contributed by atoms with Crippen molar-refractivity contribution in [3.8, 4) is 0 Å². The zero-order valence-electron chi connectivity index (χ0n) is 13.8. The molecule has 7 heteroatoms. The first-order chi connectivity index (χ1) is 11.6. The lowest BCUT2D eigenvalue weighted by atomic mass is 10.1. The van der Waals surface area contributed by atoms with Crippen molar-refractivity contribution in [1.82, 2.24) is 14.6 Å². The third-order valence-electron chi connectivity index (χ3n) is 4.19. The highest BCUT2D eigenvalue weighted by Gasteiger charge is 2.25. The van der Waals surface area contributed by atoms with Gasteiger partial charge in [-0.15, -0.1) is 0 Å². The Balaban J connectivity index is 1.61. The molecule has 3 rings (SSSR count). The molecule has 1 aliphatic heterocycles. The van der Waals surface area contributed by atoms with Gasteiger partial charge in [-0.25, -0.2) is 18.1 Å². The maximum Gasteiger partial charge on any atom is 0.240 e. The van der Waals surface area contributed by atoms with Gasteiger partial charge in [0.15, 0.2) is 0 Å². The highest BCUT2D eigenvalue weighted by molar-refractivity contribution is 7.89. The SMILES string of the molecule is CCc1cnc(CN2CCCC(NS(=O)(=O)c3ccccc3)C2)o1. The van der Waals surface area contributed by atoms with E-state index in [4.69, 9.17) is 4.42 Å². The monoisotopic (exact) mass is 349 g/mol. The number of oxazole rings is 1. The number of piperidine rings is 1. The van der Waals surface area contributed by atoms with Gasteiger partial charge < -0.3 is 4.42 Å². The summed E-state index contributed by atoms with van der Waals surface area (Å²) in [6, 6.07) is 8.40. The van der Waals surface area contributed by atoms with E-state index in [1.165, 1.54) is 0 Å². The number of rotatable bonds is 6. The summed E-state index contributed by atoms with van der Waals surface area (Å²) < 4.78 is 33.4. The molecule has 1 unspecified atom stereocenters. The topological polar surface area (TPSA) is 75.4 Å². The Kier molecular flexibility index (Phi) is 5.33. The van der Waals surface area contributed by atoms with E-state index < -0.39 is 10.0 Å². The van der Waals surface area contributed by atoms with E-state index in [0.717, 1.165) is 31.6 Å². The summed E-state index contributed by atoms with van der Waals surface area (Å²) in [4.78, 5) is 6.78. The van der Waals surface area contributed by atoms with Crippen molar-refractivity contribution in [3.05, 3.63) is 48.2 Å². The van der Waals surface area contributed by atoms with Crippen LogP contribution in [0, 0.1) is 0 Å². The number of benzene rings is 1. The molecule has 0 radical (unpaired) electrons. The van der Waals surface area contributed by atoms with Crippen LogP contribution in [0.15, 0.2) is 45.8 Å². The van der Waals surface area contributed by atoms with E-state index in [-0.39, 0.29) is 6.04 Å². The fourth-order valence-electron chi connectivity index (χ4n) is 2.96. The number of hydrogen-bond donors (Lipinski definition) is 1. The summed E-state index contributed by atoms with van der Waals surface area (Å²) in [5.41, 5.74) is 0. The van der Waals surface area contributed by atoms with E-state index in [2.05, 4.69) is 14.6 Å². The number of aryl methyl sites for hydroxylation is 1. The molecule has 1 atom stereocenters. The lowest BCUT2D eigenvalue weighted by Crippen LogP contribution is -2.47. The number of hydrogen-bond acceptors (Lipinski definition) is 5. The van der Waals surface area contributed by atoms with Gasteiger partial charge in [0.2, 0.25) is 15.9 Å². The summed E-state index contributed by atoms with van der Waals surface area (Å²) in [7, 11) is -3.47. The molecular formula is C17H23N3O3S. The lowest BCUT2D eigenvalue weighted by Gasteiger charge is -2.32. The number of nitrogens with one attached hydrogen (secondary N) is 1. The maximum absolute atomic E-state index is 12.4. The van der Waals surface area contributed by atoms with Crippen LogP contribution in [0.5, 0.6) is 0 Å². The number of aromatic nitrogens is 1. The van der Waals surface area contributed by atoms with Crippen LogP contribution in [-0.2, 0) is 23.0 Å². The Morgan fingerprint density at radius 1 is 1.33 bits per heavy atom. The van der Waals surface area contributed by atoms with Crippen LogP contribution < -0.4 is 4.72 Å². The molecular weight excluding hydrogens is 326 g/mol. The van der Waals surface area contributed by atoms with Gasteiger partial charge in [0.05, 0.1) is 17.6 Å². The average Bonchev–Trinajstić information content (AvgIpc) is 3.03. The molecule has 0 saturated carbocycles. The first kappa shape index (κ1) is 17.1. The first-order valence-corrected chi connectivity index (χ1v) is 9.78. The molecule has 2 heterocycles. The minimum absolute atomic E-state index is 0.0930. The molecule has 1 N–H and O–H groups in total. The minimum Gasteiger partial charge on any atom is -0.444 e. The normalized spacial score (nSPS) is 19.5. The number of sulfonamides is 1. The number of nitrogens with zero attached hydrogens (tertiary/aromatic N) is 2. The van der Waals surface area contributed by atoms with Crippen LogP contribution in [0.3, 0.4) is 0 Å². The minimum atomic E-state index is -3.47. The zero-order valence-corrected chi connectivity index (χ0v) is 14.6. The second-order valence-corrected chi connectivity index (χ2v) is 7.80. The summed E-state index contributed by atoms with van der Waals surface area (Å²) in [6.45, 7) is 4.23. The molecule has 1 aliphatic rings. The zero-order chi connectivity index (χ0) is 17.0. The van der Waals surface area contributed by atoms with Gasteiger partial charge in [-0.3, -0.25) is 4.90 Å². The second kappa shape index (κ2) is 7.46. The van der Waals surface area contributed by atoms with Crippen molar-refractivity contribution < 1.29 is 12.8 Å². The van der Waals surface area contributed by atoms with Crippen LogP contribution in [0.2, 0.25) is 0 Å². The molecule has 6 nitrogen and oxygen atoms in total. The molecule has 0 aliphatic carbocycles. The van der Waals surface area contributed by atoms with E-state index in [1.54, 1.807) is 30.5 Å². The Labute approximate surface area is 142 Å². The summed E-state index contributed by atoms with van der Waals surface area (Å²) >= 11 is 0. The van der Waals surface area contributed by atoms with E-state index in [0.29, 0.717) is 23.9 Å². The van der Waals surface area contributed by atoms with Crippen LogP contribution in [0.4, 0.5) is 0 Å². The van der Waals surface area contributed by atoms with Crippen molar-refractivity contribution in [2.24, 2.45) is 0 Å². The third-order valence-corrected chi connectivity index (χ3v) is 5.73. The Morgan fingerprint density at radius 3 is 2.83 bits per heavy atom. The smallest absolute Gasteiger partial charge is 0.240 e. The van der Waals surface area contributed by atoms with Crippen LogP contribution >= 0.6 is 0 Å². The van der Waals surface area contributed by atoms with Crippen molar-refractivity contribution in [2.75, 3.05) is 13.1 Å². The van der Waals surface area contributed by atoms with Gasteiger partial charge in [0.1, 0.15) is 5.76 Å². The van der Waals surface area contributed by atoms with Gasteiger partial charge in [-0.05, 0) is 31.5 Å². The van der Waals surface area contributed by atoms with Crippen molar-refractivity contribution >= 4 is 10.0 Å². The average molecular weight is 349 g/mol. The summed E-state index contributed by atoms with van der Waals surface area (Å²) in [5, 5.41) is 0. The Bertz CT molecular complexity index is 758. The Morgan fingerprint density at radius 2 is 2.12 bits per heavy atom. The van der Waals surface area contributed by atoms with E-state index >= 15 is 0 Å². The van der Waals surface area contributed by atoms with E-state index in [9.17, 15) is 8.42 Å². The molecule has 1 fully saturated rings. The highest BCUT2D eigenvalue weighted by atomic mass is 32.2. The highest BCUT2D eigenvalue weighted by Crippen LogP contribution is 2.17. The predicted molar refractivity (Wildman–Crippen MR) is 90.9 cm³/mol. The molecule has 130 valence electrons. The third kappa shape index (κ3) is 4.23. The largest absolute Gasteiger partial charge is 0.444 e. The van der Waals surface area contributed by atoms with Crippen LogP contribution in [-0.4, -0.2) is 37.4 Å². The molecule has 0 spiro atoms. The standard InChI is InChI=1S/C17H23N3O3S/c1-2-15-11-18-17(23-15)13-20-10-6-7-14(12-20)19-24(21,22)16-8-4-3-5-9-16/h3-5,8-9,11,14,19H,2,6-7,10,12-13H2,1H3. The Hall–Kier alpha value is -1.70. The van der Waals surface area contributed by atoms with Crippen molar-refractivity contribution in [1.29, 1.82) is 0 Å². The second-order valence-electron chi connectivity index (χ2n) is 6.08. The molecule has 1 aromatic carbocycles. The molecule has 1 saturated heterocycles. The van der Waals surface area contributed by atoms with Gasteiger partial charge in [0.25, 0.3) is 0 Å². The fourth-order valence-corrected chi connectivity index (χ4v) is 4.24. The summed E-state index contributed by atoms with van der Waals surface area (Å²) in [5.74, 6) is 1.57. The summed E-state index contributed by atoms with van der Waals surface area (Å²) in [6.07, 6.45) is 4.37. The maximum atomic E-state index is 12.4. The first-order valence-electron chi connectivity index (χ1n) is 8.30. The van der Waals surface area contributed by atoms with Gasteiger partial charge in [0, 0.05) is 19.0 Å². The van der Waals surface area contributed by atoms with Gasteiger partial charge >= 0.3 is 0 Å². The van der Waals surface area contributed by atoms with Crippen molar-refractivity contribution in [3.63, 3.8) is 0 Å². The molecule has 2 aromatic rings. The van der Waals surface area contributed by atoms with Crippen LogP contribution in [0.25, 0.3) is 0 Å².